The molecule has 2 aromatic rings. The third-order valence-electron chi connectivity index (χ3n) is 1.97. The number of carbonyl (C=O) groups is 1. The lowest BCUT2D eigenvalue weighted by atomic mass is 10.1. The van der Waals surface area contributed by atoms with E-state index in [-0.39, 0.29) is 11.3 Å². The van der Waals surface area contributed by atoms with Gasteiger partial charge in [0.25, 0.3) is 0 Å². The molecule has 0 aliphatic carbocycles. The van der Waals surface area contributed by atoms with E-state index in [0.717, 1.165) is 0 Å². The van der Waals surface area contributed by atoms with E-state index in [2.05, 4.69) is 0 Å². The van der Waals surface area contributed by atoms with Gasteiger partial charge in [-0.25, -0.2) is 4.79 Å². The van der Waals surface area contributed by atoms with Gasteiger partial charge in [0.2, 0.25) is 0 Å². The van der Waals surface area contributed by atoms with Crippen molar-refractivity contribution in [2.45, 2.75) is 0 Å². The topological polar surface area (TPSA) is 70.7 Å². The molecule has 15 heavy (non-hydrogen) atoms. The Bertz CT molecular complexity index is 485. The minimum absolute atomic E-state index is 0.0291. The molecule has 4 heteroatoms. The van der Waals surface area contributed by atoms with Crippen molar-refractivity contribution in [3.05, 3.63) is 42.2 Å². The van der Waals surface area contributed by atoms with E-state index in [1.54, 1.807) is 12.1 Å². The Hall–Kier alpha value is -2.23. The number of aromatic hydroxyl groups is 1. The number of carboxylic acid groups (broad SMARTS) is 1. The monoisotopic (exact) mass is 204 g/mol. The molecular formula is C11H8O4. The van der Waals surface area contributed by atoms with Crippen LogP contribution >= 0.6 is 0 Å². The van der Waals surface area contributed by atoms with Gasteiger partial charge >= 0.3 is 5.97 Å². The quantitative estimate of drug-likeness (QED) is 0.787. The van der Waals surface area contributed by atoms with Crippen LogP contribution in [-0.2, 0) is 0 Å². The first-order valence-electron chi connectivity index (χ1n) is 4.28. The van der Waals surface area contributed by atoms with Crippen LogP contribution in [0.5, 0.6) is 5.75 Å². The van der Waals surface area contributed by atoms with Gasteiger partial charge in [-0.3, -0.25) is 0 Å². The number of hydrogen-bond donors (Lipinski definition) is 2. The Labute approximate surface area is 85.4 Å². The lowest BCUT2D eigenvalue weighted by Gasteiger charge is -2.01. The van der Waals surface area contributed by atoms with Gasteiger partial charge in [0.15, 0.2) is 0 Å². The van der Waals surface area contributed by atoms with Crippen LogP contribution in [0, 0.1) is 0 Å². The van der Waals surface area contributed by atoms with Gasteiger partial charge in [0.05, 0.1) is 11.8 Å². The van der Waals surface area contributed by atoms with Crippen LogP contribution < -0.4 is 0 Å². The van der Waals surface area contributed by atoms with Crippen LogP contribution in [0.1, 0.15) is 10.4 Å². The minimum atomic E-state index is -1.08. The summed E-state index contributed by atoms with van der Waals surface area (Å²) in [6.45, 7) is 0. The highest BCUT2D eigenvalue weighted by Gasteiger charge is 2.09. The van der Waals surface area contributed by atoms with Gasteiger partial charge in [-0.2, -0.15) is 0 Å². The largest absolute Gasteiger partial charge is 0.508 e. The lowest BCUT2D eigenvalue weighted by Crippen LogP contribution is -1.95. The standard InChI is InChI=1S/C11H8O4/c12-9-5-7(10-2-1-3-15-10)4-8(6-9)11(13)14/h1-6,12H,(H,13,14). The highest BCUT2D eigenvalue weighted by atomic mass is 16.4. The molecule has 0 bridgehead atoms. The number of rotatable bonds is 2. The molecule has 0 saturated heterocycles. The van der Waals surface area contributed by atoms with Gasteiger partial charge < -0.3 is 14.6 Å². The number of aromatic carboxylic acids is 1. The van der Waals surface area contributed by atoms with E-state index in [1.807, 2.05) is 0 Å². The van der Waals surface area contributed by atoms with Crippen molar-refractivity contribution in [3.8, 4) is 17.1 Å². The summed E-state index contributed by atoms with van der Waals surface area (Å²) in [4.78, 5) is 10.7. The second kappa shape index (κ2) is 3.49. The third kappa shape index (κ3) is 1.83. The van der Waals surface area contributed by atoms with Crippen LogP contribution in [0.4, 0.5) is 0 Å². The lowest BCUT2D eigenvalue weighted by molar-refractivity contribution is 0.0696. The molecule has 76 valence electrons. The Kier molecular flexibility index (Phi) is 2.17. The molecule has 1 heterocycles. The SMILES string of the molecule is O=C(O)c1cc(O)cc(-c2ccco2)c1. The fourth-order valence-electron chi connectivity index (χ4n) is 1.32. The number of benzene rings is 1. The van der Waals surface area contributed by atoms with Crippen LogP contribution in [0.3, 0.4) is 0 Å². The Morgan fingerprint density at radius 1 is 1.27 bits per heavy atom. The van der Waals surface area contributed by atoms with Gasteiger partial charge in [-0.1, -0.05) is 0 Å². The predicted octanol–water partition coefficient (Wildman–Crippen LogP) is 2.35. The maximum atomic E-state index is 10.7. The van der Waals surface area contributed by atoms with Crippen molar-refractivity contribution in [3.63, 3.8) is 0 Å². The first-order chi connectivity index (χ1) is 7.16. The molecule has 0 aliphatic heterocycles. The summed E-state index contributed by atoms with van der Waals surface area (Å²) in [6.07, 6.45) is 1.49. The molecule has 0 unspecified atom stereocenters. The minimum Gasteiger partial charge on any atom is -0.508 e. The normalized spacial score (nSPS) is 10.1. The van der Waals surface area contributed by atoms with E-state index < -0.39 is 5.97 Å². The van der Waals surface area contributed by atoms with Gasteiger partial charge in [-0.05, 0) is 30.3 Å². The molecule has 0 fully saturated rings. The first kappa shape index (κ1) is 9.33. The zero-order valence-corrected chi connectivity index (χ0v) is 7.68. The number of phenols is 1. The summed E-state index contributed by atoms with van der Waals surface area (Å²) >= 11 is 0. The summed E-state index contributed by atoms with van der Waals surface area (Å²) in [5, 5.41) is 18.1. The first-order valence-corrected chi connectivity index (χ1v) is 4.28. The van der Waals surface area contributed by atoms with E-state index in [0.29, 0.717) is 11.3 Å². The van der Waals surface area contributed by atoms with E-state index >= 15 is 0 Å². The smallest absolute Gasteiger partial charge is 0.335 e. The third-order valence-corrected chi connectivity index (χ3v) is 1.97. The average Bonchev–Trinajstić information content (AvgIpc) is 2.69. The maximum Gasteiger partial charge on any atom is 0.335 e. The number of furan rings is 1. The molecule has 0 spiro atoms. The highest BCUT2D eigenvalue weighted by molar-refractivity contribution is 5.89. The van der Waals surface area contributed by atoms with Crippen molar-refractivity contribution in [2.75, 3.05) is 0 Å². The van der Waals surface area contributed by atoms with Gasteiger partial charge in [0.1, 0.15) is 11.5 Å². The molecule has 0 saturated carbocycles. The number of hydrogen-bond acceptors (Lipinski definition) is 3. The van der Waals surface area contributed by atoms with E-state index in [9.17, 15) is 9.90 Å². The Morgan fingerprint density at radius 2 is 2.07 bits per heavy atom. The van der Waals surface area contributed by atoms with Crippen LogP contribution in [0.25, 0.3) is 11.3 Å². The predicted molar refractivity (Wildman–Crippen MR) is 52.8 cm³/mol. The highest BCUT2D eigenvalue weighted by Crippen LogP contribution is 2.25. The van der Waals surface area contributed by atoms with Gasteiger partial charge in [0, 0.05) is 5.56 Å². The molecule has 4 nitrogen and oxygen atoms in total. The van der Waals surface area contributed by atoms with Crippen LogP contribution in [0.2, 0.25) is 0 Å². The van der Waals surface area contributed by atoms with Crippen molar-refractivity contribution in [1.82, 2.24) is 0 Å². The second-order valence-electron chi connectivity index (χ2n) is 3.05. The molecule has 0 aliphatic rings. The maximum absolute atomic E-state index is 10.7. The summed E-state index contributed by atoms with van der Waals surface area (Å²) in [5.41, 5.74) is 0.568. The van der Waals surface area contributed by atoms with Crippen molar-refractivity contribution in [2.24, 2.45) is 0 Å². The molecule has 0 atom stereocenters. The van der Waals surface area contributed by atoms with Crippen LogP contribution in [0.15, 0.2) is 41.0 Å². The van der Waals surface area contributed by atoms with Crippen molar-refractivity contribution < 1.29 is 19.4 Å². The molecule has 1 aromatic carbocycles. The van der Waals surface area contributed by atoms with Crippen molar-refractivity contribution in [1.29, 1.82) is 0 Å². The van der Waals surface area contributed by atoms with Crippen molar-refractivity contribution >= 4 is 5.97 Å². The molecule has 0 radical (unpaired) electrons. The number of phenolic OH excluding ortho intramolecular Hbond substituents is 1. The van der Waals surface area contributed by atoms with E-state index in [4.69, 9.17) is 9.52 Å². The Morgan fingerprint density at radius 3 is 2.67 bits per heavy atom. The zero-order valence-electron chi connectivity index (χ0n) is 7.68. The van der Waals surface area contributed by atoms with E-state index in [1.165, 1.54) is 24.5 Å². The molecule has 2 rings (SSSR count). The zero-order chi connectivity index (χ0) is 10.8. The fraction of sp³-hybridized carbons (Fsp3) is 0. The fourth-order valence-corrected chi connectivity index (χ4v) is 1.32. The molecule has 2 N–H and O–H groups in total. The molecular weight excluding hydrogens is 196 g/mol. The van der Waals surface area contributed by atoms with Crippen LogP contribution in [-0.4, -0.2) is 16.2 Å². The summed E-state index contributed by atoms with van der Waals surface area (Å²) < 4.78 is 5.11. The molecule has 0 amide bonds. The summed E-state index contributed by atoms with van der Waals surface area (Å²) in [5.74, 6) is -0.659. The summed E-state index contributed by atoms with van der Waals surface area (Å²) in [6, 6.07) is 7.47. The summed E-state index contributed by atoms with van der Waals surface area (Å²) in [7, 11) is 0. The number of carboxylic acids is 1. The van der Waals surface area contributed by atoms with Gasteiger partial charge in [-0.15, -0.1) is 0 Å². The second-order valence-corrected chi connectivity index (χ2v) is 3.05. The Balaban J connectivity index is 2.54. The molecule has 1 aromatic heterocycles. The average molecular weight is 204 g/mol.